The first kappa shape index (κ1) is 22.7. The highest BCUT2D eigenvalue weighted by Gasteiger charge is 2.27. The van der Waals surface area contributed by atoms with Crippen LogP contribution in [0.25, 0.3) is 11.3 Å². The van der Waals surface area contributed by atoms with Gasteiger partial charge in [-0.2, -0.15) is 4.98 Å². The summed E-state index contributed by atoms with van der Waals surface area (Å²) in [6.45, 7) is 4.61. The summed E-state index contributed by atoms with van der Waals surface area (Å²) >= 11 is 0. The average Bonchev–Trinajstić information content (AvgIpc) is 2.81. The summed E-state index contributed by atoms with van der Waals surface area (Å²) in [5, 5.41) is 3.40. The molecule has 1 fully saturated rings. The summed E-state index contributed by atoms with van der Waals surface area (Å²) in [5.74, 6) is 0.801. The lowest BCUT2D eigenvalue weighted by atomic mass is 9.85. The van der Waals surface area contributed by atoms with Crippen LogP contribution in [-0.2, 0) is 10.0 Å². The first-order valence-electron chi connectivity index (χ1n) is 11.9. The summed E-state index contributed by atoms with van der Waals surface area (Å²) in [7, 11) is -3.87. The second kappa shape index (κ2) is 9.25. The first-order chi connectivity index (χ1) is 16.4. The molecule has 1 aliphatic carbocycles. The van der Waals surface area contributed by atoms with Gasteiger partial charge in [-0.1, -0.05) is 43.5 Å². The van der Waals surface area contributed by atoms with E-state index < -0.39 is 10.0 Å². The summed E-state index contributed by atoms with van der Waals surface area (Å²) in [4.78, 5) is 9.24. The predicted octanol–water partition coefficient (Wildman–Crippen LogP) is 5.31. The number of sulfonamides is 1. The van der Waals surface area contributed by atoms with Gasteiger partial charge in [-0.15, -0.1) is 0 Å². The van der Waals surface area contributed by atoms with Crippen molar-refractivity contribution in [1.82, 2.24) is 9.97 Å². The third kappa shape index (κ3) is 4.73. The number of nitrogens with zero attached hydrogens (tertiary/aromatic N) is 2. The second-order valence-electron chi connectivity index (χ2n) is 9.25. The fraction of sp³-hybridized carbons (Fsp3) is 0.385. The van der Waals surface area contributed by atoms with Gasteiger partial charge >= 0.3 is 0 Å². The molecule has 4 bridgehead atoms. The summed E-state index contributed by atoms with van der Waals surface area (Å²) < 4.78 is 35.3. The van der Waals surface area contributed by atoms with E-state index in [1.54, 1.807) is 18.2 Å². The van der Waals surface area contributed by atoms with Gasteiger partial charge in [0.1, 0.15) is 6.10 Å². The monoisotopic (exact) mass is 478 g/mol. The SMILES string of the molecule is Cc1cccc(C)c1-c1cc2nc(n1)NS(=O)(=O)c1cccc(c1)NC[C@H](C1CCCCC1)O2. The molecule has 1 saturated carbocycles. The number of ether oxygens (including phenoxy) is 1. The second-order valence-corrected chi connectivity index (χ2v) is 10.9. The van der Waals surface area contributed by atoms with E-state index in [1.807, 2.05) is 44.2 Å². The Morgan fingerprint density at radius 3 is 2.44 bits per heavy atom. The smallest absolute Gasteiger partial charge is 0.264 e. The molecule has 0 amide bonds. The van der Waals surface area contributed by atoms with E-state index in [1.165, 1.54) is 19.3 Å². The summed E-state index contributed by atoms with van der Waals surface area (Å²) in [6.07, 6.45) is 5.79. The van der Waals surface area contributed by atoms with Crippen molar-refractivity contribution >= 4 is 21.7 Å². The number of aryl methyl sites for hydroxylation is 2. The number of hydrogen-bond donors (Lipinski definition) is 2. The van der Waals surface area contributed by atoms with Gasteiger partial charge in [0.15, 0.2) is 0 Å². The average molecular weight is 479 g/mol. The normalized spacial score (nSPS) is 20.1. The van der Waals surface area contributed by atoms with Crippen molar-refractivity contribution in [2.75, 3.05) is 16.6 Å². The van der Waals surface area contributed by atoms with Crippen molar-refractivity contribution in [3.05, 3.63) is 59.7 Å². The molecular weight excluding hydrogens is 448 g/mol. The Kier molecular flexibility index (Phi) is 6.16. The lowest BCUT2D eigenvalue weighted by molar-refractivity contribution is 0.113. The lowest BCUT2D eigenvalue weighted by Gasteiger charge is -2.31. The van der Waals surface area contributed by atoms with Crippen LogP contribution in [0.5, 0.6) is 5.88 Å². The maximum Gasteiger partial charge on any atom is 0.264 e. The molecule has 34 heavy (non-hydrogen) atoms. The minimum absolute atomic E-state index is 0.0106. The molecule has 1 atom stereocenters. The molecule has 2 aromatic carbocycles. The van der Waals surface area contributed by atoms with Crippen LogP contribution >= 0.6 is 0 Å². The Balaban J connectivity index is 1.63. The maximum absolute atomic E-state index is 13.1. The van der Waals surface area contributed by atoms with E-state index in [0.29, 0.717) is 24.0 Å². The number of hydrogen-bond acceptors (Lipinski definition) is 6. The van der Waals surface area contributed by atoms with Crippen LogP contribution in [0.15, 0.2) is 53.4 Å². The predicted molar refractivity (Wildman–Crippen MR) is 134 cm³/mol. The number of aromatic nitrogens is 2. The molecule has 1 aliphatic heterocycles. The Hall–Kier alpha value is -3.13. The maximum atomic E-state index is 13.1. The Bertz CT molecular complexity index is 1280. The van der Waals surface area contributed by atoms with Gasteiger partial charge in [-0.25, -0.2) is 18.1 Å². The van der Waals surface area contributed by atoms with Crippen molar-refractivity contribution in [2.45, 2.75) is 57.0 Å². The minimum Gasteiger partial charge on any atom is -0.472 e. The lowest BCUT2D eigenvalue weighted by Crippen LogP contribution is -2.35. The third-order valence-electron chi connectivity index (χ3n) is 6.77. The summed E-state index contributed by atoms with van der Waals surface area (Å²) in [6, 6.07) is 14.7. The Morgan fingerprint density at radius 1 is 0.941 bits per heavy atom. The molecule has 0 spiro atoms. The topological polar surface area (TPSA) is 93.2 Å². The number of nitrogens with one attached hydrogen (secondary N) is 2. The van der Waals surface area contributed by atoms with Gasteiger partial charge in [0, 0.05) is 17.3 Å². The molecular formula is C26H30N4O3S. The van der Waals surface area contributed by atoms with Crippen LogP contribution in [0.1, 0.15) is 43.2 Å². The van der Waals surface area contributed by atoms with Gasteiger partial charge in [-0.05, 0) is 61.9 Å². The third-order valence-corrected chi connectivity index (χ3v) is 8.09. The van der Waals surface area contributed by atoms with E-state index >= 15 is 0 Å². The molecule has 2 N–H and O–H groups in total. The number of rotatable bonds is 2. The van der Waals surface area contributed by atoms with Gasteiger partial charge in [0.2, 0.25) is 11.8 Å². The van der Waals surface area contributed by atoms with E-state index in [4.69, 9.17) is 4.74 Å². The van der Waals surface area contributed by atoms with Gasteiger partial charge < -0.3 is 10.1 Å². The van der Waals surface area contributed by atoms with E-state index in [0.717, 1.165) is 35.2 Å². The number of benzene rings is 2. The fourth-order valence-corrected chi connectivity index (χ4v) is 6.00. The largest absolute Gasteiger partial charge is 0.472 e. The minimum atomic E-state index is -3.87. The van der Waals surface area contributed by atoms with Crippen molar-refractivity contribution in [3.8, 4) is 17.1 Å². The molecule has 0 unspecified atom stereocenters. The Labute approximate surface area is 201 Å². The van der Waals surface area contributed by atoms with Crippen LogP contribution < -0.4 is 14.8 Å². The van der Waals surface area contributed by atoms with Gasteiger partial charge in [-0.3, -0.25) is 0 Å². The standard InChI is InChI=1S/C26H30N4O3S/c1-17-8-6-9-18(2)25(17)22-15-24-29-26(28-22)30-34(31,32)21-13-7-12-20(14-21)27-16-23(33-24)19-10-4-3-5-11-19/h6-9,12-15,19,23,27H,3-5,10-11,16H2,1-2H3,(H,28,29,30)/t23-/m1/s1. The zero-order valence-electron chi connectivity index (χ0n) is 19.5. The summed E-state index contributed by atoms with van der Waals surface area (Å²) in [5.41, 5.74) is 4.44. The highest BCUT2D eigenvalue weighted by atomic mass is 32.2. The van der Waals surface area contributed by atoms with Crippen molar-refractivity contribution in [2.24, 2.45) is 5.92 Å². The van der Waals surface area contributed by atoms with Crippen LogP contribution in [0.4, 0.5) is 11.6 Å². The van der Waals surface area contributed by atoms with Gasteiger partial charge in [0.05, 0.1) is 17.1 Å². The molecule has 7 nitrogen and oxygen atoms in total. The van der Waals surface area contributed by atoms with Crippen molar-refractivity contribution < 1.29 is 13.2 Å². The molecule has 8 heteroatoms. The van der Waals surface area contributed by atoms with Crippen molar-refractivity contribution in [3.63, 3.8) is 0 Å². The zero-order valence-corrected chi connectivity index (χ0v) is 20.4. The van der Waals surface area contributed by atoms with Crippen LogP contribution in [0.3, 0.4) is 0 Å². The molecule has 3 aromatic rings. The zero-order chi connectivity index (χ0) is 23.7. The molecule has 178 valence electrons. The molecule has 0 radical (unpaired) electrons. The highest BCUT2D eigenvalue weighted by molar-refractivity contribution is 7.92. The molecule has 2 aliphatic rings. The number of anilines is 2. The fourth-order valence-electron chi connectivity index (χ4n) is 5.01. The quantitative estimate of drug-likeness (QED) is 0.518. The van der Waals surface area contributed by atoms with Crippen molar-refractivity contribution in [1.29, 1.82) is 0 Å². The van der Waals surface area contributed by atoms with Crippen LogP contribution in [0, 0.1) is 19.8 Å². The molecule has 0 saturated heterocycles. The first-order valence-corrected chi connectivity index (χ1v) is 13.4. The molecule has 1 aromatic heterocycles. The Morgan fingerprint density at radius 2 is 1.68 bits per heavy atom. The highest BCUT2D eigenvalue weighted by Crippen LogP contribution is 2.33. The molecule has 2 heterocycles. The van der Waals surface area contributed by atoms with Crippen LogP contribution in [0.2, 0.25) is 0 Å². The van der Waals surface area contributed by atoms with Crippen LogP contribution in [-0.4, -0.2) is 31.0 Å². The van der Waals surface area contributed by atoms with Gasteiger partial charge in [0.25, 0.3) is 10.0 Å². The van der Waals surface area contributed by atoms with E-state index in [-0.39, 0.29) is 16.9 Å². The van der Waals surface area contributed by atoms with E-state index in [9.17, 15) is 8.42 Å². The van der Waals surface area contributed by atoms with E-state index in [2.05, 4.69) is 20.0 Å². The molecule has 5 rings (SSSR count). The number of fused-ring (bicyclic) bond motifs is 4.